The summed E-state index contributed by atoms with van der Waals surface area (Å²) in [7, 11) is 0. The van der Waals surface area contributed by atoms with Crippen molar-refractivity contribution in [1.29, 1.82) is 0 Å². The lowest BCUT2D eigenvalue weighted by molar-refractivity contribution is 0.606. The molecular weight excluding hydrogens is 296 g/mol. The monoisotopic (exact) mass is 318 g/mol. The van der Waals surface area contributed by atoms with Gasteiger partial charge in [-0.25, -0.2) is 9.97 Å². The molecule has 0 fully saturated rings. The van der Waals surface area contributed by atoms with Gasteiger partial charge in [0.05, 0.1) is 0 Å². The van der Waals surface area contributed by atoms with Crippen LogP contribution in [0.1, 0.15) is 31.7 Å². The number of nitrogens with one attached hydrogen (secondary N) is 2. The molecule has 118 valence electrons. The molecule has 2 N–H and O–H groups in total. The van der Waals surface area contributed by atoms with Crippen molar-refractivity contribution in [3.63, 3.8) is 0 Å². The van der Waals surface area contributed by atoms with E-state index in [1.807, 2.05) is 38.1 Å². The highest BCUT2D eigenvalue weighted by Gasteiger charge is 2.06. The minimum absolute atomic E-state index is 0.669. The van der Waals surface area contributed by atoms with Crippen molar-refractivity contribution >= 4 is 28.9 Å². The van der Waals surface area contributed by atoms with Gasteiger partial charge in [0.15, 0.2) is 0 Å². The maximum Gasteiger partial charge on any atom is 0.136 e. The van der Waals surface area contributed by atoms with Gasteiger partial charge < -0.3 is 10.6 Å². The van der Waals surface area contributed by atoms with Crippen LogP contribution in [0, 0.1) is 19.8 Å². The predicted molar refractivity (Wildman–Crippen MR) is 94.2 cm³/mol. The van der Waals surface area contributed by atoms with Crippen LogP contribution in [-0.4, -0.2) is 16.5 Å². The maximum absolute atomic E-state index is 6.16. The Morgan fingerprint density at radius 3 is 2.59 bits per heavy atom. The molecule has 0 amide bonds. The minimum atomic E-state index is 0.669. The van der Waals surface area contributed by atoms with Crippen molar-refractivity contribution in [1.82, 2.24) is 9.97 Å². The summed E-state index contributed by atoms with van der Waals surface area (Å²) in [5, 5.41) is 7.41. The summed E-state index contributed by atoms with van der Waals surface area (Å²) in [6.45, 7) is 9.21. The number of rotatable bonds is 6. The van der Waals surface area contributed by atoms with Crippen LogP contribution in [0.4, 0.5) is 17.3 Å². The number of aryl methyl sites for hydroxylation is 1. The molecule has 0 saturated heterocycles. The molecule has 0 aliphatic heterocycles. The smallest absolute Gasteiger partial charge is 0.136 e. The number of halogens is 1. The molecule has 0 aliphatic rings. The van der Waals surface area contributed by atoms with Crippen molar-refractivity contribution in [2.45, 2.75) is 34.1 Å². The van der Waals surface area contributed by atoms with E-state index in [0.717, 1.165) is 46.7 Å². The Kier molecular flexibility index (Phi) is 5.61. The number of anilines is 3. The predicted octanol–water partition coefficient (Wildman–Crippen LogP) is 4.95. The van der Waals surface area contributed by atoms with Gasteiger partial charge in [0.1, 0.15) is 17.5 Å². The van der Waals surface area contributed by atoms with E-state index < -0.39 is 0 Å². The average Bonchev–Trinajstić information content (AvgIpc) is 2.43. The Bertz CT molecular complexity index is 641. The zero-order chi connectivity index (χ0) is 16.1. The zero-order valence-corrected chi connectivity index (χ0v) is 14.3. The van der Waals surface area contributed by atoms with Gasteiger partial charge in [0.2, 0.25) is 0 Å². The van der Waals surface area contributed by atoms with Gasteiger partial charge in [0.25, 0.3) is 0 Å². The lowest BCUT2D eigenvalue weighted by Crippen LogP contribution is -2.08. The van der Waals surface area contributed by atoms with E-state index in [-0.39, 0.29) is 0 Å². The Balaban J connectivity index is 2.14. The van der Waals surface area contributed by atoms with Gasteiger partial charge in [-0.05, 0) is 43.9 Å². The number of hydrogen-bond acceptors (Lipinski definition) is 4. The van der Waals surface area contributed by atoms with Crippen LogP contribution in [0.25, 0.3) is 0 Å². The molecule has 1 aromatic carbocycles. The van der Waals surface area contributed by atoms with E-state index in [1.165, 1.54) is 0 Å². The molecule has 0 saturated carbocycles. The van der Waals surface area contributed by atoms with Crippen LogP contribution >= 0.6 is 11.6 Å². The van der Waals surface area contributed by atoms with Crippen molar-refractivity contribution in [2.24, 2.45) is 5.92 Å². The minimum Gasteiger partial charge on any atom is -0.370 e. The lowest BCUT2D eigenvalue weighted by atomic mass is 10.1. The first-order valence-corrected chi connectivity index (χ1v) is 7.95. The van der Waals surface area contributed by atoms with Gasteiger partial charge in [-0.2, -0.15) is 0 Å². The second-order valence-electron chi connectivity index (χ2n) is 5.83. The highest BCUT2D eigenvalue weighted by Crippen LogP contribution is 2.26. The van der Waals surface area contributed by atoms with Gasteiger partial charge in [-0.15, -0.1) is 0 Å². The van der Waals surface area contributed by atoms with E-state index in [4.69, 9.17) is 11.6 Å². The largest absolute Gasteiger partial charge is 0.370 e. The van der Waals surface area contributed by atoms with E-state index in [2.05, 4.69) is 34.4 Å². The van der Waals surface area contributed by atoms with Crippen LogP contribution < -0.4 is 10.6 Å². The second-order valence-corrected chi connectivity index (χ2v) is 6.24. The Labute approximate surface area is 137 Å². The lowest BCUT2D eigenvalue weighted by Gasteiger charge is -2.13. The third-order valence-electron chi connectivity index (χ3n) is 3.40. The molecule has 0 unspecified atom stereocenters. The Morgan fingerprint density at radius 1 is 1.14 bits per heavy atom. The molecule has 0 spiro atoms. The number of nitrogens with zero attached hydrogens (tertiary/aromatic N) is 2. The topological polar surface area (TPSA) is 49.8 Å². The fraction of sp³-hybridized carbons (Fsp3) is 0.412. The second kappa shape index (κ2) is 7.45. The number of aromatic nitrogens is 2. The fourth-order valence-electron chi connectivity index (χ4n) is 2.09. The molecule has 2 aromatic rings. The first-order valence-electron chi connectivity index (χ1n) is 7.57. The standard InChI is InChI=1S/C17H23ClN4/c1-11(2)8-9-19-16-10-17(21-13(4)20-16)22-15-7-5-6-14(18)12(15)3/h5-7,10-11H,8-9H2,1-4H3,(H2,19,20,21,22). The van der Waals surface area contributed by atoms with Crippen LogP contribution in [-0.2, 0) is 0 Å². The summed E-state index contributed by atoms with van der Waals surface area (Å²) in [5.41, 5.74) is 1.97. The summed E-state index contributed by atoms with van der Waals surface area (Å²) in [4.78, 5) is 8.86. The Morgan fingerprint density at radius 2 is 1.86 bits per heavy atom. The maximum atomic E-state index is 6.16. The highest BCUT2D eigenvalue weighted by atomic mass is 35.5. The van der Waals surface area contributed by atoms with Crippen LogP contribution in [0.3, 0.4) is 0 Å². The van der Waals surface area contributed by atoms with Crippen molar-refractivity contribution < 1.29 is 0 Å². The SMILES string of the molecule is Cc1nc(NCCC(C)C)cc(Nc2cccc(Cl)c2C)n1. The van der Waals surface area contributed by atoms with Crippen molar-refractivity contribution in [2.75, 3.05) is 17.2 Å². The van der Waals surface area contributed by atoms with E-state index in [0.29, 0.717) is 5.92 Å². The third kappa shape index (κ3) is 4.60. The molecule has 1 aromatic heterocycles. The first kappa shape index (κ1) is 16.6. The van der Waals surface area contributed by atoms with Crippen LogP contribution in [0.2, 0.25) is 5.02 Å². The molecule has 0 bridgehead atoms. The highest BCUT2D eigenvalue weighted by molar-refractivity contribution is 6.31. The number of benzene rings is 1. The van der Waals surface area contributed by atoms with E-state index in [9.17, 15) is 0 Å². The molecular formula is C17H23ClN4. The fourth-order valence-corrected chi connectivity index (χ4v) is 2.27. The molecule has 4 nitrogen and oxygen atoms in total. The summed E-state index contributed by atoms with van der Waals surface area (Å²) < 4.78 is 0. The molecule has 2 rings (SSSR count). The summed E-state index contributed by atoms with van der Waals surface area (Å²) in [6.07, 6.45) is 1.11. The van der Waals surface area contributed by atoms with Gasteiger partial charge in [0, 0.05) is 23.3 Å². The van der Waals surface area contributed by atoms with E-state index in [1.54, 1.807) is 0 Å². The van der Waals surface area contributed by atoms with Crippen molar-refractivity contribution in [3.8, 4) is 0 Å². The van der Waals surface area contributed by atoms with Gasteiger partial charge >= 0.3 is 0 Å². The van der Waals surface area contributed by atoms with Crippen LogP contribution in [0.5, 0.6) is 0 Å². The molecule has 0 radical (unpaired) electrons. The van der Waals surface area contributed by atoms with Gasteiger partial charge in [-0.3, -0.25) is 0 Å². The van der Waals surface area contributed by atoms with E-state index >= 15 is 0 Å². The summed E-state index contributed by atoms with van der Waals surface area (Å²) in [5.74, 6) is 3.01. The third-order valence-corrected chi connectivity index (χ3v) is 3.81. The average molecular weight is 319 g/mol. The van der Waals surface area contributed by atoms with Crippen molar-refractivity contribution in [3.05, 3.63) is 40.7 Å². The molecule has 22 heavy (non-hydrogen) atoms. The normalized spacial score (nSPS) is 10.8. The molecule has 0 aliphatic carbocycles. The zero-order valence-electron chi connectivity index (χ0n) is 13.6. The summed E-state index contributed by atoms with van der Waals surface area (Å²) in [6, 6.07) is 7.72. The quantitative estimate of drug-likeness (QED) is 0.791. The molecule has 1 heterocycles. The van der Waals surface area contributed by atoms with Crippen LogP contribution in [0.15, 0.2) is 24.3 Å². The van der Waals surface area contributed by atoms with Gasteiger partial charge in [-0.1, -0.05) is 31.5 Å². The molecule has 5 heteroatoms. The summed E-state index contributed by atoms with van der Waals surface area (Å²) >= 11 is 6.16. The number of hydrogen-bond donors (Lipinski definition) is 2. The Hall–Kier alpha value is -1.81. The first-order chi connectivity index (χ1) is 10.5. The molecule has 0 atom stereocenters.